The van der Waals surface area contributed by atoms with Crippen molar-refractivity contribution in [2.24, 2.45) is 5.10 Å². The summed E-state index contributed by atoms with van der Waals surface area (Å²) in [4.78, 5) is 17.4. The average molecular weight is 516 g/mol. The topological polar surface area (TPSA) is 76.7 Å². The van der Waals surface area contributed by atoms with Crippen LogP contribution in [0.15, 0.2) is 43.1 Å². The molecule has 0 aliphatic carbocycles. The van der Waals surface area contributed by atoms with Crippen LogP contribution in [0, 0.1) is 0 Å². The summed E-state index contributed by atoms with van der Waals surface area (Å²) in [6, 6.07) is 6.90. The molecule has 6 nitrogen and oxygen atoms in total. The van der Waals surface area contributed by atoms with Crippen molar-refractivity contribution in [1.29, 1.82) is 0 Å². The zero-order chi connectivity index (χ0) is 19.7. The molecule has 1 aromatic heterocycles. The molecule has 0 fully saturated rings. The minimum Gasteiger partial charge on any atom is -0.503 e. The smallest absolute Gasteiger partial charge is 0.282 e. The van der Waals surface area contributed by atoms with Gasteiger partial charge in [-0.1, -0.05) is 34.5 Å². The second-order valence-corrected chi connectivity index (χ2v) is 7.64. The zero-order valence-electron chi connectivity index (χ0n) is 14.3. The number of nitrogens with zero attached hydrogens (tertiary/aromatic N) is 3. The first-order chi connectivity index (χ1) is 12.9. The predicted molar refractivity (Wildman–Crippen MR) is 113 cm³/mol. The third-order valence-corrected chi connectivity index (χ3v) is 5.84. The van der Waals surface area contributed by atoms with Crippen molar-refractivity contribution >= 4 is 60.6 Å². The number of phenolic OH excluding ortho intramolecular Hbond substituents is 1. The number of halogens is 3. The quantitative estimate of drug-likeness (QED) is 0.510. The van der Waals surface area contributed by atoms with Crippen LogP contribution >= 0.6 is 43.5 Å². The van der Waals surface area contributed by atoms with E-state index in [0.29, 0.717) is 33.2 Å². The summed E-state index contributed by atoms with van der Waals surface area (Å²) < 4.78 is 7.59. The molecule has 0 radical (unpaired) electrons. The highest BCUT2D eigenvalue weighted by Gasteiger charge is 2.15. The van der Waals surface area contributed by atoms with Crippen LogP contribution in [0.2, 0.25) is 5.02 Å². The molecule has 0 amide bonds. The van der Waals surface area contributed by atoms with Gasteiger partial charge < -0.3 is 9.84 Å². The lowest BCUT2D eigenvalue weighted by Crippen LogP contribution is -2.22. The van der Waals surface area contributed by atoms with Crippen LogP contribution in [0.4, 0.5) is 0 Å². The van der Waals surface area contributed by atoms with E-state index in [4.69, 9.17) is 16.3 Å². The lowest BCUT2D eigenvalue weighted by atomic mass is 10.2. The van der Waals surface area contributed by atoms with Gasteiger partial charge in [-0.25, -0.2) is 4.98 Å². The highest BCUT2D eigenvalue weighted by atomic mass is 79.9. The number of benzene rings is 2. The molecule has 0 bridgehead atoms. The Morgan fingerprint density at radius 2 is 2.11 bits per heavy atom. The van der Waals surface area contributed by atoms with Gasteiger partial charge >= 0.3 is 0 Å². The molecule has 27 heavy (non-hydrogen) atoms. The minimum atomic E-state index is -0.276. The third-order valence-electron chi connectivity index (χ3n) is 3.90. The van der Waals surface area contributed by atoms with Crippen molar-refractivity contribution < 1.29 is 9.84 Å². The first-order valence-electron chi connectivity index (χ1n) is 7.87. The van der Waals surface area contributed by atoms with E-state index in [-0.39, 0.29) is 22.1 Å². The van der Waals surface area contributed by atoms with E-state index < -0.39 is 0 Å². The Labute approximate surface area is 176 Å². The SMILES string of the molecule is CCc1nc2ccc(Br)cc2c(=O)n1N=Cc1cc(OC)c(O)c(Cl)c1Br. The third kappa shape index (κ3) is 3.74. The Balaban J connectivity index is 2.18. The predicted octanol–water partition coefficient (Wildman–Crippen LogP) is 4.73. The molecule has 0 aliphatic heterocycles. The van der Waals surface area contributed by atoms with Crippen LogP contribution in [-0.4, -0.2) is 28.1 Å². The van der Waals surface area contributed by atoms with Gasteiger partial charge in [-0.2, -0.15) is 9.78 Å². The second kappa shape index (κ2) is 8.00. The van der Waals surface area contributed by atoms with Crippen LogP contribution in [0.1, 0.15) is 18.3 Å². The van der Waals surface area contributed by atoms with Crippen molar-refractivity contribution in [2.75, 3.05) is 7.11 Å². The van der Waals surface area contributed by atoms with Gasteiger partial charge in [-0.3, -0.25) is 4.79 Å². The van der Waals surface area contributed by atoms with Crippen LogP contribution in [0.5, 0.6) is 11.5 Å². The maximum atomic E-state index is 12.9. The number of aromatic nitrogens is 2. The average Bonchev–Trinajstić information content (AvgIpc) is 2.67. The Morgan fingerprint density at radius 1 is 1.37 bits per heavy atom. The number of methoxy groups -OCH3 is 1. The molecule has 0 unspecified atom stereocenters. The molecule has 9 heteroatoms. The molecule has 0 spiro atoms. The second-order valence-electron chi connectivity index (χ2n) is 5.55. The van der Waals surface area contributed by atoms with Gasteiger partial charge in [-0.05, 0) is 40.2 Å². The highest BCUT2D eigenvalue weighted by molar-refractivity contribution is 9.10. The van der Waals surface area contributed by atoms with Gasteiger partial charge in [0.15, 0.2) is 11.5 Å². The van der Waals surface area contributed by atoms with Crippen LogP contribution < -0.4 is 10.3 Å². The molecule has 3 aromatic rings. The monoisotopic (exact) mass is 513 g/mol. The van der Waals surface area contributed by atoms with Crippen LogP contribution in [-0.2, 0) is 6.42 Å². The molecule has 3 rings (SSSR count). The number of aromatic hydroxyl groups is 1. The molecule has 140 valence electrons. The number of hydrogen-bond acceptors (Lipinski definition) is 5. The molecular weight excluding hydrogens is 501 g/mol. The molecule has 0 atom stereocenters. The first kappa shape index (κ1) is 19.9. The Kier molecular flexibility index (Phi) is 5.88. The number of fused-ring (bicyclic) bond motifs is 1. The van der Waals surface area contributed by atoms with Crippen molar-refractivity contribution in [3.05, 3.63) is 60.0 Å². The van der Waals surface area contributed by atoms with Crippen molar-refractivity contribution in [3.8, 4) is 11.5 Å². The first-order valence-corrected chi connectivity index (χ1v) is 9.84. The van der Waals surface area contributed by atoms with Crippen LogP contribution in [0.3, 0.4) is 0 Å². The lowest BCUT2D eigenvalue weighted by molar-refractivity contribution is 0.373. The van der Waals surface area contributed by atoms with E-state index in [0.717, 1.165) is 4.47 Å². The Morgan fingerprint density at radius 3 is 2.78 bits per heavy atom. The normalized spacial score (nSPS) is 11.4. The maximum absolute atomic E-state index is 12.9. The van der Waals surface area contributed by atoms with Crippen molar-refractivity contribution in [1.82, 2.24) is 9.66 Å². The van der Waals surface area contributed by atoms with E-state index >= 15 is 0 Å². The maximum Gasteiger partial charge on any atom is 0.282 e. The Hall–Kier alpha value is -1.90. The van der Waals surface area contributed by atoms with E-state index in [1.807, 2.05) is 13.0 Å². The summed E-state index contributed by atoms with van der Waals surface area (Å²) in [6.07, 6.45) is 1.99. The standard InChI is InChI=1S/C18H14Br2ClN3O3/c1-3-14-23-12-5-4-10(19)7-11(12)18(26)24(14)22-8-9-6-13(27-2)17(25)16(21)15(9)20/h4-8,25H,3H2,1-2H3. The molecule has 1 N–H and O–H groups in total. The summed E-state index contributed by atoms with van der Waals surface area (Å²) in [5.41, 5.74) is 0.877. The number of hydrogen-bond donors (Lipinski definition) is 1. The number of aryl methyl sites for hydroxylation is 1. The number of phenols is 1. The fourth-order valence-corrected chi connectivity index (χ4v) is 3.49. The van der Waals surface area contributed by atoms with E-state index in [1.165, 1.54) is 18.0 Å². The highest BCUT2D eigenvalue weighted by Crippen LogP contribution is 2.40. The van der Waals surface area contributed by atoms with Crippen molar-refractivity contribution in [2.45, 2.75) is 13.3 Å². The van der Waals surface area contributed by atoms with Gasteiger partial charge in [-0.15, -0.1) is 0 Å². The van der Waals surface area contributed by atoms with Gasteiger partial charge in [0.1, 0.15) is 10.8 Å². The summed E-state index contributed by atoms with van der Waals surface area (Å²) in [5, 5.41) is 14.8. The zero-order valence-corrected chi connectivity index (χ0v) is 18.3. The minimum absolute atomic E-state index is 0.0967. The largest absolute Gasteiger partial charge is 0.503 e. The van der Waals surface area contributed by atoms with E-state index in [1.54, 1.807) is 18.2 Å². The fraction of sp³-hybridized carbons (Fsp3) is 0.167. The van der Waals surface area contributed by atoms with E-state index in [9.17, 15) is 9.90 Å². The van der Waals surface area contributed by atoms with Gasteiger partial charge in [0, 0.05) is 20.9 Å². The summed E-state index contributed by atoms with van der Waals surface area (Å²) >= 11 is 12.8. The van der Waals surface area contributed by atoms with Crippen LogP contribution in [0.25, 0.3) is 10.9 Å². The summed E-state index contributed by atoms with van der Waals surface area (Å²) in [6.45, 7) is 1.90. The summed E-state index contributed by atoms with van der Waals surface area (Å²) in [5.74, 6) is 0.555. The molecule has 2 aromatic carbocycles. The molecular formula is C18H14Br2ClN3O3. The number of rotatable bonds is 4. The fourth-order valence-electron chi connectivity index (χ4n) is 2.52. The molecule has 1 heterocycles. The van der Waals surface area contributed by atoms with Gasteiger partial charge in [0.05, 0.1) is 24.2 Å². The molecule has 0 saturated heterocycles. The number of ether oxygens (including phenoxy) is 1. The molecule has 0 saturated carbocycles. The lowest BCUT2D eigenvalue weighted by Gasteiger charge is -2.10. The van der Waals surface area contributed by atoms with Crippen molar-refractivity contribution in [3.63, 3.8) is 0 Å². The Bertz CT molecular complexity index is 1130. The van der Waals surface area contributed by atoms with Gasteiger partial charge in [0.25, 0.3) is 5.56 Å². The van der Waals surface area contributed by atoms with E-state index in [2.05, 4.69) is 41.9 Å². The molecule has 0 aliphatic rings. The van der Waals surface area contributed by atoms with Gasteiger partial charge in [0.2, 0.25) is 0 Å². The summed E-state index contributed by atoms with van der Waals surface area (Å²) in [7, 11) is 1.42.